The van der Waals surface area contributed by atoms with Crippen molar-refractivity contribution in [2.24, 2.45) is 0 Å². The molecule has 3 aliphatic rings. The van der Waals surface area contributed by atoms with Gasteiger partial charge >= 0.3 is 0 Å². The lowest BCUT2D eigenvalue weighted by atomic mass is 9.72. The maximum absolute atomic E-state index is 2.61. The third-order valence-corrected chi connectivity index (χ3v) is 25.2. The van der Waals surface area contributed by atoms with Crippen LogP contribution in [0.2, 0.25) is 0 Å². The van der Waals surface area contributed by atoms with Crippen molar-refractivity contribution in [1.29, 1.82) is 0 Å². The molecule has 0 radical (unpaired) electrons. The van der Waals surface area contributed by atoms with Crippen LogP contribution in [-0.4, -0.2) is 9.13 Å². The zero-order valence-corrected chi connectivity index (χ0v) is 66.1. The van der Waals surface area contributed by atoms with Gasteiger partial charge in [0.1, 0.15) is 11.1 Å². The number of benzene rings is 18. The maximum Gasteiger partial charge on any atom is 0.125 e. The maximum atomic E-state index is 2.61. The van der Waals surface area contributed by atoms with Gasteiger partial charge in [-0.1, -0.05) is 329 Å². The molecule has 564 valence electrons. The van der Waals surface area contributed by atoms with Crippen molar-refractivity contribution in [3.8, 4) is 22.3 Å². The molecule has 20 aromatic rings. The molecule has 1 aliphatic carbocycles. The Morgan fingerprint density at radius 2 is 0.462 bits per heavy atom. The number of rotatable bonds is 13. The lowest BCUT2D eigenvalue weighted by Gasteiger charge is -2.47. The Labute approximate surface area is 694 Å². The molecule has 6 nitrogen and oxygen atoms in total. The van der Waals surface area contributed by atoms with Crippen LogP contribution in [0.25, 0.3) is 65.9 Å². The highest BCUT2D eigenvalue weighted by molar-refractivity contribution is 6.11. The number of anilines is 12. The molecule has 0 atom stereocenters. The average molecular weight is 1520 g/mol. The fourth-order valence-electron chi connectivity index (χ4n) is 20.1. The zero-order chi connectivity index (χ0) is 79.2. The molecule has 0 saturated carbocycles. The van der Waals surface area contributed by atoms with E-state index in [2.05, 4.69) is 504 Å². The van der Waals surface area contributed by atoms with Crippen LogP contribution in [0.4, 0.5) is 68.2 Å². The first kappa shape index (κ1) is 70.4. The normalized spacial score (nSPS) is 13.6. The summed E-state index contributed by atoms with van der Waals surface area (Å²) >= 11 is 0. The quantitative estimate of drug-likeness (QED) is 0.115. The van der Waals surface area contributed by atoms with Gasteiger partial charge in [-0.05, 0) is 190 Å². The number of fused-ring (bicyclic) bond motifs is 13. The van der Waals surface area contributed by atoms with Crippen molar-refractivity contribution in [2.45, 2.75) is 30.3 Å². The smallest absolute Gasteiger partial charge is 0.125 e. The standard InChI is InChI=1S/C58H43N3.C55H39N3/c1-57(2)49-26-12-9-23-45(49)46-38-37-44(39-52(46)57)59(41-21-7-4-8-22-41)42-33-35-43(36-34-42)60-55-31-17-13-27-50(55)58(40-19-5-3-6-20-40,51-28-14-18-32-56(51)60)61-53-29-15-10-24-47(53)48-25-11-16-30-54(48)61;1-4-18-42(19-5-1)55(58-51-28-14-10-24-47(51)48-25-11-15-29-52(48)58)49-26-12-16-30-53(49)57(54-31-17-13-27-50(54)55)46-38-34-41(35-39-46)40-32-36-45(37-33-40)56(43-20-6-2-7-21-43)44-22-8-3-9-23-44/h3-39H,1-2H3;1-39H. The molecule has 4 heterocycles. The third-order valence-electron chi connectivity index (χ3n) is 25.2. The first-order valence-corrected chi connectivity index (χ1v) is 41.2. The summed E-state index contributed by atoms with van der Waals surface area (Å²) in [5, 5.41) is 5.01. The van der Waals surface area contributed by atoms with E-state index in [0.29, 0.717) is 0 Å². The van der Waals surface area contributed by atoms with Crippen molar-refractivity contribution in [3.05, 3.63) is 506 Å². The minimum atomic E-state index is -0.682. The predicted octanol–water partition coefficient (Wildman–Crippen LogP) is 29.7. The highest BCUT2D eigenvalue weighted by Gasteiger charge is 2.50. The Hall–Kier alpha value is -15.2. The Morgan fingerprint density at radius 3 is 0.840 bits per heavy atom. The van der Waals surface area contributed by atoms with Crippen molar-refractivity contribution in [3.63, 3.8) is 0 Å². The summed E-state index contributed by atoms with van der Waals surface area (Å²) in [6, 6.07) is 169. The fraction of sp³-hybridized carbons (Fsp3) is 0.0442. The van der Waals surface area contributed by atoms with Crippen LogP contribution in [0.3, 0.4) is 0 Å². The van der Waals surface area contributed by atoms with E-state index in [1.165, 1.54) is 110 Å². The van der Waals surface area contributed by atoms with Crippen molar-refractivity contribution >= 4 is 112 Å². The van der Waals surface area contributed by atoms with Gasteiger partial charge in [0, 0.05) is 94.7 Å². The van der Waals surface area contributed by atoms with Gasteiger partial charge in [-0.15, -0.1) is 0 Å². The van der Waals surface area contributed by atoms with Crippen LogP contribution in [-0.2, 0) is 16.5 Å². The van der Waals surface area contributed by atoms with Gasteiger partial charge in [-0.3, -0.25) is 0 Å². The first-order valence-electron chi connectivity index (χ1n) is 41.2. The second-order valence-electron chi connectivity index (χ2n) is 31.8. The van der Waals surface area contributed by atoms with Crippen LogP contribution in [0.5, 0.6) is 0 Å². The van der Waals surface area contributed by atoms with Crippen LogP contribution >= 0.6 is 0 Å². The summed E-state index contributed by atoms with van der Waals surface area (Å²) in [6.07, 6.45) is 0. The largest absolute Gasteiger partial charge is 0.322 e. The van der Waals surface area contributed by atoms with E-state index < -0.39 is 11.1 Å². The molecule has 23 rings (SSSR count). The Kier molecular flexibility index (Phi) is 16.9. The minimum Gasteiger partial charge on any atom is -0.322 e. The van der Waals surface area contributed by atoms with Gasteiger partial charge in [-0.2, -0.15) is 0 Å². The van der Waals surface area contributed by atoms with Crippen LogP contribution in [0.1, 0.15) is 58.4 Å². The van der Waals surface area contributed by atoms with Gasteiger partial charge < -0.3 is 28.7 Å². The van der Waals surface area contributed by atoms with E-state index in [0.717, 1.165) is 68.2 Å². The highest BCUT2D eigenvalue weighted by atomic mass is 15.2. The van der Waals surface area contributed by atoms with E-state index in [-0.39, 0.29) is 5.41 Å². The van der Waals surface area contributed by atoms with E-state index in [1.54, 1.807) is 0 Å². The van der Waals surface area contributed by atoms with Crippen molar-refractivity contribution in [2.75, 3.05) is 19.6 Å². The second kappa shape index (κ2) is 28.6. The summed E-state index contributed by atoms with van der Waals surface area (Å²) in [7, 11) is 0. The Balaban J connectivity index is 0.000000143. The van der Waals surface area contributed by atoms with Gasteiger partial charge in [-0.25, -0.2) is 0 Å². The topological polar surface area (TPSA) is 22.8 Å². The molecule has 119 heavy (non-hydrogen) atoms. The van der Waals surface area contributed by atoms with E-state index in [1.807, 2.05) is 0 Å². The zero-order valence-electron chi connectivity index (χ0n) is 66.1. The SMILES string of the molecule is CC1(C)c2ccccc2-c2ccc(N(c3ccccc3)c3ccc(N4c5ccccc5C(c5ccccc5)(n5c6ccccc6c6ccccc65)c5ccccc54)cc3)cc21.c1ccc(N(c2ccccc2)c2ccc(-c3ccc(N4c5ccccc5C(c5ccccc5)(n5c6ccccc6c6ccccc65)c5ccccc54)cc3)cc2)cc1. The molecule has 2 aromatic heterocycles. The molecular formula is C113H82N6. The molecule has 0 amide bonds. The number of para-hydroxylation sites is 11. The number of hydrogen-bond donors (Lipinski definition) is 0. The Morgan fingerprint density at radius 1 is 0.202 bits per heavy atom. The summed E-state index contributed by atoms with van der Waals surface area (Å²) in [6.45, 7) is 4.70. The van der Waals surface area contributed by atoms with Gasteiger partial charge in [0.2, 0.25) is 0 Å². The summed E-state index contributed by atoms with van der Waals surface area (Å²) in [5.41, 5.74) is 32.0. The number of hydrogen-bond acceptors (Lipinski definition) is 4. The molecular weight excluding hydrogens is 1440 g/mol. The van der Waals surface area contributed by atoms with Gasteiger partial charge in [0.15, 0.2) is 0 Å². The summed E-state index contributed by atoms with van der Waals surface area (Å²) in [4.78, 5) is 9.60. The third kappa shape index (κ3) is 11.1. The van der Waals surface area contributed by atoms with E-state index >= 15 is 0 Å². The van der Waals surface area contributed by atoms with Gasteiger partial charge in [0.05, 0.1) is 44.8 Å². The Bertz CT molecular complexity index is 6960. The van der Waals surface area contributed by atoms with Gasteiger partial charge in [0.25, 0.3) is 0 Å². The second-order valence-corrected chi connectivity index (χ2v) is 31.8. The fourth-order valence-corrected chi connectivity index (χ4v) is 20.1. The van der Waals surface area contributed by atoms with Crippen LogP contribution in [0, 0.1) is 0 Å². The minimum absolute atomic E-state index is 0.0998. The van der Waals surface area contributed by atoms with Crippen LogP contribution < -0.4 is 19.6 Å². The number of aromatic nitrogens is 2. The molecule has 0 unspecified atom stereocenters. The number of nitrogens with zero attached hydrogens (tertiary/aromatic N) is 6. The molecule has 6 heteroatoms. The molecule has 0 fully saturated rings. The molecule has 0 saturated heterocycles. The lowest BCUT2D eigenvalue weighted by Crippen LogP contribution is -2.42. The van der Waals surface area contributed by atoms with Crippen molar-refractivity contribution in [1.82, 2.24) is 9.13 Å². The van der Waals surface area contributed by atoms with E-state index in [9.17, 15) is 0 Å². The monoisotopic (exact) mass is 1520 g/mol. The van der Waals surface area contributed by atoms with Crippen molar-refractivity contribution < 1.29 is 0 Å². The summed E-state index contributed by atoms with van der Waals surface area (Å²) in [5.74, 6) is 0. The molecule has 0 spiro atoms. The molecule has 0 bridgehead atoms. The molecule has 18 aromatic carbocycles. The average Bonchev–Trinajstić information content (AvgIpc) is 1.68. The highest BCUT2D eigenvalue weighted by Crippen LogP contribution is 2.61. The summed E-state index contributed by atoms with van der Waals surface area (Å²) < 4.78 is 5.21. The van der Waals surface area contributed by atoms with Crippen LogP contribution in [0.15, 0.2) is 461 Å². The van der Waals surface area contributed by atoms with E-state index in [4.69, 9.17) is 0 Å². The first-order chi connectivity index (χ1) is 58.8. The molecule has 0 N–H and O–H groups in total. The molecule has 2 aliphatic heterocycles. The lowest BCUT2D eigenvalue weighted by molar-refractivity contribution is 0.544. The predicted molar refractivity (Wildman–Crippen MR) is 497 cm³/mol.